The van der Waals surface area contributed by atoms with Crippen LogP contribution in [0.15, 0.2) is 28.7 Å². The van der Waals surface area contributed by atoms with E-state index in [0.29, 0.717) is 12.4 Å². The van der Waals surface area contributed by atoms with Gasteiger partial charge in [-0.3, -0.25) is 0 Å². The molecule has 0 aliphatic carbocycles. The van der Waals surface area contributed by atoms with E-state index in [2.05, 4.69) is 54.0 Å². The minimum atomic E-state index is 0.614. The molecule has 1 heterocycles. The van der Waals surface area contributed by atoms with E-state index in [-0.39, 0.29) is 0 Å². The van der Waals surface area contributed by atoms with E-state index in [0.717, 1.165) is 11.0 Å². The van der Waals surface area contributed by atoms with Crippen molar-refractivity contribution in [3.05, 3.63) is 40.1 Å². The monoisotopic (exact) mass is 267 g/mol. The number of hydrogen-bond donors (Lipinski definition) is 2. The minimum Gasteiger partial charge on any atom is -0.306 e. The Morgan fingerprint density at radius 2 is 2.27 bits per heavy atom. The SMILES string of the molecule is Brc1cccc(CNCc2nn[nH]n2)c1. The fourth-order valence-corrected chi connectivity index (χ4v) is 1.67. The number of H-pyrrole nitrogens is 1. The van der Waals surface area contributed by atoms with Gasteiger partial charge < -0.3 is 5.32 Å². The standard InChI is InChI=1S/C9H10BrN5/c10-8-3-1-2-7(4-8)5-11-6-9-12-14-15-13-9/h1-4,11H,5-6H2,(H,12,13,14,15). The number of halogens is 1. The van der Waals surface area contributed by atoms with Crippen molar-refractivity contribution in [2.45, 2.75) is 13.1 Å². The van der Waals surface area contributed by atoms with Crippen molar-refractivity contribution in [1.82, 2.24) is 25.9 Å². The lowest BCUT2D eigenvalue weighted by Crippen LogP contribution is -2.13. The number of tetrazole rings is 1. The van der Waals surface area contributed by atoms with Gasteiger partial charge in [-0.1, -0.05) is 33.3 Å². The zero-order valence-corrected chi connectivity index (χ0v) is 9.53. The Morgan fingerprint density at radius 1 is 1.33 bits per heavy atom. The molecule has 1 aromatic carbocycles. The van der Waals surface area contributed by atoms with Gasteiger partial charge in [0.1, 0.15) is 0 Å². The molecule has 6 heteroatoms. The molecule has 0 saturated carbocycles. The van der Waals surface area contributed by atoms with Gasteiger partial charge in [0.15, 0.2) is 5.82 Å². The van der Waals surface area contributed by atoms with Gasteiger partial charge in [0.05, 0.1) is 6.54 Å². The summed E-state index contributed by atoms with van der Waals surface area (Å²) in [6, 6.07) is 8.15. The van der Waals surface area contributed by atoms with E-state index in [1.807, 2.05) is 12.1 Å². The lowest BCUT2D eigenvalue weighted by molar-refractivity contribution is 0.663. The minimum absolute atomic E-state index is 0.614. The maximum absolute atomic E-state index is 3.85. The van der Waals surface area contributed by atoms with Crippen LogP contribution in [-0.4, -0.2) is 20.6 Å². The summed E-state index contributed by atoms with van der Waals surface area (Å²) in [5, 5.41) is 16.8. The van der Waals surface area contributed by atoms with Gasteiger partial charge in [0.25, 0.3) is 0 Å². The molecule has 2 aromatic rings. The summed E-state index contributed by atoms with van der Waals surface area (Å²) >= 11 is 3.43. The van der Waals surface area contributed by atoms with E-state index in [1.54, 1.807) is 0 Å². The average Bonchev–Trinajstić information content (AvgIpc) is 2.71. The van der Waals surface area contributed by atoms with Crippen LogP contribution in [0.25, 0.3) is 0 Å². The molecule has 0 aliphatic rings. The van der Waals surface area contributed by atoms with Crippen molar-refractivity contribution >= 4 is 15.9 Å². The number of nitrogens with one attached hydrogen (secondary N) is 2. The molecule has 0 unspecified atom stereocenters. The summed E-state index contributed by atoms with van der Waals surface area (Å²) in [6.45, 7) is 1.40. The van der Waals surface area contributed by atoms with Crippen LogP contribution in [0.5, 0.6) is 0 Å². The third-order valence-corrected chi connectivity index (χ3v) is 2.38. The highest BCUT2D eigenvalue weighted by Crippen LogP contribution is 2.11. The maximum Gasteiger partial charge on any atom is 0.188 e. The molecule has 15 heavy (non-hydrogen) atoms. The Kier molecular flexibility index (Phi) is 3.41. The van der Waals surface area contributed by atoms with Gasteiger partial charge in [0, 0.05) is 11.0 Å². The first-order valence-electron chi connectivity index (χ1n) is 4.52. The van der Waals surface area contributed by atoms with Crippen LogP contribution in [0, 0.1) is 0 Å². The molecule has 0 amide bonds. The van der Waals surface area contributed by atoms with Gasteiger partial charge in [0.2, 0.25) is 0 Å². The number of aromatic amines is 1. The van der Waals surface area contributed by atoms with Crippen LogP contribution in [0.3, 0.4) is 0 Å². The molecule has 0 fully saturated rings. The Hall–Kier alpha value is -1.27. The molecule has 78 valence electrons. The maximum atomic E-state index is 3.85. The van der Waals surface area contributed by atoms with Crippen LogP contribution >= 0.6 is 15.9 Å². The first-order chi connectivity index (χ1) is 7.34. The van der Waals surface area contributed by atoms with Crippen LogP contribution < -0.4 is 5.32 Å². The normalized spacial score (nSPS) is 10.5. The summed E-state index contributed by atoms with van der Waals surface area (Å²) in [7, 11) is 0. The fraction of sp³-hybridized carbons (Fsp3) is 0.222. The molecule has 0 spiro atoms. The molecular formula is C9H10BrN5. The second-order valence-electron chi connectivity index (χ2n) is 3.06. The van der Waals surface area contributed by atoms with Gasteiger partial charge in [-0.2, -0.15) is 5.21 Å². The first-order valence-corrected chi connectivity index (χ1v) is 5.31. The molecule has 0 aliphatic heterocycles. The summed E-state index contributed by atoms with van der Waals surface area (Å²) in [4.78, 5) is 0. The molecule has 1 aromatic heterocycles. The van der Waals surface area contributed by atoms with Crippen molar-refractivity contribution in [2.24, 2.45) is 0 Å². The van der Waals surface area contributed by atoms with Crippen molar-refractivity contribution in [2.75, 3.05) is 0 Å². The predicted octanol–water partition coefficient (Wildman–Crippen LogP) is 1.25. The zero-order chi connectivity index (χ0) is 10.5. The van der Waals surface area contributed by atoms with Gasteiger partial charge in [-0.15, -0.1) is 10.2 Å². The summed E-state index contributed by atoms with van der Waals surface area (Å²) in [6.07, 6.45) is 0. The zero-order valence-electron chi connectivity index (χ0n) is 7.94. The number of nitrogens with zero attached hydrogens (tertiary/aromatic N) is 3. The quantitative estimate of drug-likeness (QED) is 0.875. The third-order valence-electron chi connectivity index (χ3n) is 1.89. The van der Waals surface area contributed by atoms with Crippen molar-refractivity contribution in [1.29, 1.82) is 0 Å². The number of hydrogen-bond acceptors (Lipinski definition) is 4. The topological polar surface area (TPSA) is 66.5 Å². The predicted molar refractivity (Wildman–Crippen MR) is 58.9 cm³/mol. The Labute approximate surface area is 95.4 Å². The second kappa shape index (κ2) is 4.99. The van der Waals surface area contributed by atoms with Crippen LogP contribution in [0.2, 0.25) is 0 Å². The van der Waals surface area contributed by atoms with Gasteiger partial charge >= 0.3 is 0 Å². The van der Waals surface area contributed by atoms with Crippen LogP contribution in [0.1, 0.15) is 11.4 Å². The number of aromatic nitrogens is 4. The van der Waals surface area contributed by atoms with Crippen molar-refractivity contribution in [3.8, 4) is 0 Å². The Balaban J connectivity index is 1.83. The molecular weight excluding hydrogens is 258 g/mol. The Bertz CT molecular complexity index is 414. The Morgan fingerprint density at radius 3 is 3.00 bits per heavy atom. The molecule has 0 radical (unpaired) electrons. The van der Waals surface area contributed by atoms with Crippen molar-refractivity contribution in [3.63, 3.8) is 0 Å². The number of benzene rings is 1. The largest absolute Gasteiger partial charge is 0.306 e. The van der Waals surface area contributed by atoms with E-state index < -0.39 is 0 Å². The van der Waals surface area contributed by atoms with Gasteiger partial charge in [-0.05, 0) is 17.7 Å². The molecule has 2 N–H and O–H groups in total. The lowest BCUT2D eigenvalue weighted by atomic mass is 10.2. The summed E-state index contributed by atoms with van der Waals surface area (Å²) in [5.41, 5.74) is 1.22. The third kappa shape index (κ3) is 3.10. The first kappa shape index (κ1) is 10.3. The summed E-state index contributed by atoms with van der Waals surface area (Å²) < 4.78 is 1.08. The molecule has 0 bridgehead atoms. The second-order valence-corrected chi connectivity index (χ2v) is 3.98. The molecule has 2 rings (SSSR count). The number of rotatable bonds is 4. The highest BCUT2D eigenvalue weighted by molar-refractivity contribution is 9.10. The van der Waals surface area contributed by atoms with Crippen LogP contribution in [-0.2, 0) is 13.1 Å². The molecule has 0 saturated heterocycles. The molecule has 5 nitrogen and oxygen atoms in total. The van der Waals surface area contributed by atoms with E-state index in [4.69, 9.17) is 0 Å². The summed E-state index contributed by atoms with van der Waals surface area (Å²) in [5.74, 6) is 0.671. The smallest absolute Gasteiger partial charge is 0.188 e. The van der Waals surface area contributed by atoms with Crippen molar-refractivity contribution < 1.29 is 0 Å². The van der Waals surface area contributed by atoms with E-state index in [1.165, 1.54) is 5.56 Å². The molecule has 0 atom stereocenters. The average molecular weight is 268 g/mol. The van der Waals surface area contributed by atoms with E-state index in [9.17, 15) is 0 Å². The lowest BCUT2D eigenvalue weighted by Gasteiger charge is -2.02. The van der Waals surface area contributed by atoms with Crippen LogP contribution in [0.4, 0.5) is 0 Å². The highest BCUT2D eigenvalue weighted by Gasteiger charge is 1.97. The highest BCUT2D eigenvalue weighted by atomic mass is 79.9. The fourth-order valence-electron chi connectivity index (χ4n) is 1.22. The van der Waals surface area contributed by atoms with E-state index >= 15 is 0 Å². The van der Waals surface area contributed by atoms with Gasteiger partial charge in [-0.25, -0.2) is 0 Å².